The van der Waals surface area contributed by atoms with Gasteiger partial charge in [0.2, 0.25) is 0 Å². The monoisotopic (exact) mass is 361 g/mol. The molecule has 0 heterocycles. The van der Waals surface area contributed by atoms with Gasteiger partial charge in [-0.3, -0.25) is 0 Å². The van der Waals surface area contributed by atoms with Crippen LogP contribution in [-0.2, 0) is 17.1 Å². The summed E-state index contributed by atoms with van der Waals surface area (Å²) in [5.74, 6) is 0. The minimum absolute atomic E-state index is 0. The van der Waals surface area contributed by atoms with Crippen LogP contribution in [0.1, 0.15) is 27.7 Å². The van der Waals surface area contributed by atoms with Crippen molar-refractivity contribution in [3.05, 3.63) is 0 Å². The first kappa shape index (κ1) is 23.1. The van der Waals surface area contributed by atoms with E-state index in [4.69, 9.17) is 24.4 Å². The number of hydrogen-bond donors (Lipinski definition) is 2. The summed E-state index contributed by atoms with van der Waals surface area (Å²) in [6, 6.07) is 0. The maximum Gasteiger partial charge on any atom is 0.133 e. The molecule has 0 unspecified atom stereocenters. The number of nitrogens with zero attached hydrogens (tertiary/aromatic N) is 2. The van der Waals surface area contributed by atoms with Gasteiger partial charge in [0.15, 0.2) is 0 Å². The summed E-state index contributed by atoms with van der Waals surface area (Å²) in [7, 11) is 0. The maximum absolute atomic E-state index is 4.81. The van der Waals surface area contributed by atoms with Gasteiger partial charge in [-0.2, -0.15) is 0 Å². The molecule has 0 aliphatic rings. The Hall–Kier alpha value is 0.999. The molecular weight excluding hydrogens is 340 g/mol. The average molecular weight is 362 g/mol. The number of thiocarbonyl (C=S) groups is 2. The van der Waals surface area contributed by atoms with E-state index in [1.54, 1.807) is 0 Å². The fourth-order valence-electron chi connectivity index (χ4n) is 0.988. The number of thiol groups is 2. The largest absolute Gasteiger partial charge is 0.358 e. The van der Waals surface area contributed by atoms with Crippen molar-refractivity contribution in [1.29, 1.82) is 0 Å². The van der Waals surface area contributed by atoms with Crippen molar-refractivity contribution < 1.29 is 17.1 Å². The van der Waals surface area contributed by atoms with Crippen molar-refractivity contribution in [1.82, 2.24) is 9.80 Å². The molecule has 0 spiro atoms. The van der Waals surface area contributed by atoms with E-state index in [9.17, 15) is 0 Å². The van der Waals surface area contributed by atoms with Crippen LogP contribution in [0.15, 0.2) is 0 Å². The van der Waals surface area contributed by atoms with Crippen LogP contribution < -0.4 is 0 Å². The second-order valence-corrected chi connectivity index (χ2v) is 5.14. The molecule has 1 radical (unpaired) electrons. The molecule has 0 aliphatic heterocycles. The van der Waals surface area contributed by atoms with Gasteiger partial charge in [0, 0.05) is 43.2 Å². The second-order valence-electron chi connectivity index (χ2n) is 2.91. The molecule has 107 valence electrons. The van der Waals surface area contributed by atoms with Gasteiger partial charge in [0.05, 0.1) is 0 Å². The van der Waals surface area contributed by atoms with Gasteiger partial charge >= 0.3 is 0 Å². The van der Waals surface area contributed by atoms with Crippen LogP contribution in [0, 0.1) is 0 Å². The van der Waals surface area contributed by atoms with Crippen molar-refractivity contribution in [2.45, 2.75) is 27.7 Å². The van der Waals surface area contributed by atoms with E-state index in [0.717, 1.165) is 26.2 Å². The molecule has 17 heavy (non-hydrogen) atoms. The summed E-state index contributed by atoms with van der Waals surface area (Å²) in [5, 5.41) is 0. The standard InChI is InChI=1S/2C5H11NS2.Cu/c2*1-3-6(4-2)5(7)8;/h2*3-4H2,1-2H3,(H,7,8);. The van der Waals surface area contributed by atoms with Gasteiger partial charge in [-0.1, -0.05) is 24.4 Å². The molecule has 0 aliphatic carbocycles. The molecule has 0 aromatic heterocycles. The minimum Gasteiger partial charge on any atom is -0.358 e. The van der Waals surface area contributed by atoms with E-state index in [1.807, 2.05) is 9.80 Å². The molecule has 0 bridgehead atoms. The van der Waals surface area contributed by atoms with Crippen LogP contribution in [0.25, 0.3) is 0 Å². The van der Waals surface area contributed by atoms with Crippen LogP contribution >= 0.6 is 49.7 Å². The molecule has 0 fully saturated rings. The van der Waals surface area contributed by atoms with Crippen molar-refractivity contribution in [2.75, 3.05) is 26.2 Å². The first-order chi connectivity index (χ1) is 7.44. The van der Waals surface area contributed by atoms with Crippen molar-refractivity contribution in [3.8, 4) is 0 Å². The third-order valence-corrected chi connectivity index (χ3v) is 3.15. The molecule has 0 N–H and O–H groups in total. The Morgan fingerprint density at radius 2 is 0.941 bits per heavy atom. The second kappa shape index (κ2) is 15.1. The van der Waals surface area contributed by atoms with Gasteiger partial charge in [0.1, 0.15) is 8.64 Å². The van der Waals surface area contributed by atoms with Crippen LogP contribution in [0.2, 0.25) is 0 Å². The Balaban J connectivity index is -0.000000218. The zero-order chi connectivity index (χ0) is 13.1. The smallest absolute Gasteiger partial charge is 0.133 e. The normalized spacial score (nSPS) is 8.35. The Kier molecular flexibility index (Phi) is 20.5. The van der Waals surface area contributed by atoms with Crippen LogP contribution in [-0.4, -0.2) is 44.6 Å². The minimum atomic E-state index is 0. The van der Waals surface area contributed by atoms with Crippen molar-refractivity contribution >= 4 is 58.3 Å². The molecule has 0 atom stereocenters. The van der Waals surface area contributed by atoms with Gasteiger partial charge in [0.25, 0.3) is 0 Å². The maximum atomic E-state index is 4.81. The van der Waals surface area contributed by atoms with Gasteiger partial charge in [-0.25, -0.2) is 0 Å². The Labute approximate surface area is 138 Å². The van der Waals surface area contributed by atoms with Gasteiger partial charge in [-0.15, -0.1) is 25.3 Å². The average Bonchev–Trinajstić information content (AvgIpc) is 2.21. The molecule has 2 nitrogen and oxygen atoms in total. The zero-order valence-electron chi connectivity index (χ0n) is 10.7. The summed E-state index contributed by atoms with van der Waals surface area (Å²) in [6.07, 6.45) is 0. The first-order valence-electron chi connectivity index (χ1n) is 5.40. The fourth-order valence-corrected chi connectivity index (χ4v) is 2.07. The molecule has 0 saturated carbocycles. The summed E-state index contributed by atoms with van der Waals surface area (Å²) in [4.78, 5) is 4.02. The van der Waals surface area contributed by atoms with Crippen molar-refractivity contribution in [3.63, 3.8) is 0 Å². The number of hydrogen-bond acceptors (Lipinski definition) is 2. The predicted octanol–water partition coefficient (Wildman–Crippen LogP) is 3.08. The third kappa shape index (κ3) is 13.2. The van der Waals surface area contributed by atoms with E-state index in [-0.39, 0.29) is 17.1 Å². The van der Waals surface area contributed by atoms with Gasteiger partial charge in [-0.05, 0) is 27.7 Å². The number of rotatable bonds is 4. The van der Waals surface area contributed by atoms with Crippen molar-refractivity contribution in [2.24, 2.45) is 0 Å². The van der Waals surface area contributed by atoms with E-state index in [0.29, 0.717) is 8.64 Å². The first-order valence-corrected chi connectivity index (χ1v) is 7.11. The summed E-state index contributed by atoms with van der Waals surface area (Å²) in [5.41, 5.74) is 0. The molecule has 0 rings (SSSR count). The van der Waals surface area contributed by atoms with E-state index in [1.165, 1.54) is 0 Å². The van der Waals surface area contributed by atoms with E-state index in [2.05, 4.69) is 53.0 Å². The Morgan fingerprint density at radius 3 is 0.941 bits per heavy atom. The Morgan fingerprint density at radius 1 is 0.765 bits per heavy atom. The molecule has 0 aromatic rings. The topological polar surface area (TPSA) is 6.48 Å². The molecule has 0 aromatic carbocycles. The predicted molar refractivity (Wildman–Crippen MR) is 89.0 cm³/mol. The van der Waals surface area contributed by atoms with Gasteiger partial charge < -0.3 is 9.80 Å². The van der Waals surface area contributed by atoms with E-state index >= 15 is 0 Å². The summed E-state index contributed by atoms with van der Waals surface area (Å²) >= 11 is 17.6. The Bertz CT molecular complexity index is 184. The quantitative estimate of drug-likeness (QED) is 0.451. The molecule has 0 saturated heterocycles. The van der Waals surface area contributed by atoms with E-state index < -0.39 is 0 Å². The van der Waals surface area contributed by atoms with Crippen LogP contribution in [0.4, 0.5) is 0 Å². The molecular formula is C10H22CuN2S4. The third-order valence-electron chi connectivity index (χ3n) is 2.07. The SMILES string of the molecule is CCN(CC)C(=S)S.CCN(CC)C(=S)S.[Cu]. The zero-order valence-corrected chi connectivity index (χ0v) is 15.1. The van der Waals surface area contributed by atoms with Crippen LogP contribution in [0.3, 0.4) is 0 Å². The fraction of sp³-hybridized carbons (Fsp3) is 0.800. The molecule has 0 amide bonds. The summed E-state index contributed by atoms with van der Waals surface area (Å²) < 4.78 is 1.38. The van der Waals surface area contributed by atoms with Crippen LogP contribution in [0.5, 0.6) is 0 Å². The molecule has 7 heteroatoms. The summed E-state index contributed by atoms with van der Waals surface area (Å²) in [6.45, 7) is 12.1.